The van der Waals surface area contributed by atoms with E-state index in [1.165, 1.54) is 0 Å². The van der Waals surface area contributed by atoms with Crippen molar-refractivity contribution in [2.75, 3.05) is 0 Å². The first-order chi connectivity index (χ1) is 14.5. The summed E-state index contributed by atoms with van der Waals surface area (Å²) in [6.07, 6.45) is 2.04. The van der Waals surface area contributed by atoms with E-state index in [1.807, 2.05) is 78.6 Å². The number of aryl methyl sites for hydroxylation is 2. The fourth-order valence-corrected chi connectivity index (χ4v) is 4.16. The van der Waals surface area contributed by atoms with E-state index < -0.39 is 0 Å². The Labute approximate surface area is 179 Å². The molecule has 3 aromatic carbocycles. The molecule has 2 heterocycles. The molecule has 5 rings (SSSR count). The van der Waals surface area contributed by atoms with Gasteiger partial charge in [-0.1, -0.05) is 54.1 Å². The van der Waals surface area contributed by atoms with Gasteiger partial charge in [0.1, 0.15) is 0 Å². The smallest absolute Gasteiger partial charge is 0.281 e. The largest absolute Gasteiger partial charge is 0.314 e. The third kappa shape index (κ3) is 2.88. The zero-order valence-electron chi connectivity index (χ0n) is 16.7. The summed E-state index contributed by atoms with van der Waals surface area (Å²) >= 11 is 6.13. The van der Waals surface area contributed by atoms with E-state index in [2.05, 4.69) is 29.7 Å². The third-order valence-electron chi connectivity index (χ3n) is 5.44. The number of nitrogens with zero attached hydrogens (tertiary/aromatic N) is 3. The van der Waals surface area contributed by atoms with Crippen molar-refractivity contribution in [3.05, 3.63) is 106 Å². The zero-order chi connectivity index (χ0) is 20.8. The van der Waals surface area contributed by atoms with Gasteiger partial charge in [-0.05, 0) is 54.4 Å². The Balaban J connectivity index is 1.88. The van der Waals surface area contributed by atoms with Crippen molar-refractivity contribution < 1.29 is 0 Å². The molecule has 0 saturated carbocycles. The Bertz CT molecular complexity index is 1420. The maximum Gasteiger partial charge on any atom is 0.281 e. The minimum Gasteiger partial charge on any atom is -0.314 e. The number of benzene rings is 3. The molecule has 4 nitrogen and oxygen atoms in total. The molecule has 5 heteroatoms. The van der Waals surface area contributed by atoms with Crippen LogP contribution in [0.15, 0.2) is 89.9 Å². The molecule has 0 fully saturated rings. The SMILES string of the molecule is Cc1cccc(-n2cc3c(c2-c2ccc(Cl)cc2)c(=O)n(-c2ccccc2)n3C)c1. The van der Waals surface area contributed by atoms with Crippen molar-refractivity contribution in [3.63, 3.8) is 0 Å². The lowest BCUT2D eigenvalue weighted by molar-refractivity contribution is 0.664. The molecule has 0 aliphatic heterocycles. The minimum absolute atomic E-state index is 0.0462. The van der Waals surface area contributed by atoms with Crippen LogP contribution in [0.25, 0.3) is 33.5 Å². The number of halogens is 1. The monoisotopic (exact) mass is 413 g/mol. The lowest BCUT2D eigenvalue weighted by atomic mass is 10.1. The van der Waals surface area contributed by atoms with Crippen LogP contribution in [0, 0.1) is 6.92 Å². The van der Waals surface area contributed by atoms with E-state index in [4.69, 9.17) is 11.6 Å². The average Bonchev–Trinajstić information content (AvgIpc) is 3.26. The number of aromatic nitrogens is 3. The van der Waals surface area contributed by atoms with Gasteiger partial charge < -0.3 is 4.57 Å². The fraction of sp³-hybridized carbons (Fsp3) is 0.0800. The van der Waals surface area contributed by atoms with Crippen LogP contribution >= 0.6 is 11.6 Å². The van der Waals surface area contributed by atoms with E-state index in [1.54, 1.807) is 4.68 Å². The average molecular weight is 414 g/mol. The summed E-state index contributed by atoms with van der Waals surface area (Å²) in [4.78, 5) is 13.6. The first-order valence-electron chi connectivity index (χ1n) is 9.76. The molecule has 30 heavy (non-hydrogen) atoms. The summed E-state index contributed by atoms with van der Waals surface area (Å²) < 4.78 is 5.72. The second kappa shape index (κ2) is 7.08. The Morgan fingerprint density at radius 2 is 1.53 bits per heavy atom. The van der Waals surface area contributed by atoms with Crippen molar-refractivity contribution in [3.8, 4) is 22.6 Å². The highest BCUT2D eigenvalue weighted by Gasteiger charge is 2.22. The summed E-state index contributed by atoms with van der Waals surface area (Å²) in [6.45, 7) is 2.07. The van der Waals surface area contributed by atoms with Crippen LogP contribution in [-0.2, 0) is 7.05 Å². The van der Waals surface area contributed by atoms with Crippen molar-refractivity contribution in [2.45, 2.75) is 6.92 Å². The van der Waals surface area contributed by atoms with Gasteiger partial charge in [-0.15, -0.1) is 0 Å². The number of hydrogen-bond acceptors (Lipinski definition) is 1. The first-order valence-corrected chi connectivity index (χ1v) is 10.1. The third-order valence-corrected chi connectivity index (χ3v) is 5.69. The Kier molecular flexibility index (Phi) is 4.37. The van der Waals surface area contributed by atoms with Gasteiger partial charge in [-0.3, -0.25) is 9.48 Å². The van der Waals surface area contributed by atoms with Crippen LogP contribution < -0.4 is 5.56 Å². The van der Waals surface area contributed by atoms with Gasteiger partial charge in [0.15, 0.2) is 0 Å². The fourth-order valence-electron chi connectivity index (χ4n) is 4.03. The molecular formula is C25H20ClN3O. The quantitative estimate of drug-likeness (QED) is 0.370. The topological polar surface area (TPSA) is 31.9 Å². The normalized spacial score (nSPS) is 11.3. The molecule has 0 spiro atoms. The van der Waals surface area contributed by atoms with E-state index >= 15 is 0 Å². The molecule has 0 saturated heterocycles. The van der Waals surface area contributed by atoms with Crippen LogP contribution in [-0.4, -0.2) is 13.9 Å². The van der Waals surface area contributed by atoms with Crippen LogP contribution in [0.3, 0.4) is 0 Å². The molecule has 5 aromatic rings. The lowest BCUT2D eigenvalue weighted by Crippen LogP contribution is -2.20. The summed E-state index contributed by atoms with van der Waals surface area (Å²) in [5.41, 5.74) is 5.65. The molecule has 0 aliphatic carbocycles. The van der Waals surface area contributed by atoms with E-state index in [0.29, 0.717) is 10.4 Å². The molecule has 0 unspecified atom stereocenters. The Morgan fingerprint density at radius 3 is 2.23 bits per heavy atom. The van der Waals surface area contributed by atoms with Gasteiger partial charge >= 0.3 is 0 Å². The van der Waals surface area contributed by atoms with E-state index in [-0.39, 0.29) is 5.56 Å². The summed E-state index contributed by atoms with van der Waals surface area (Å²) in [6, 6.07) is 25.6. The first kappa shape index (κ1) is 18.5. The maximum atomic E-state index is 13.6. The van der Waals surface area contributed by atoms with E-state index in [9.17, 15) is 4.79 Å². The van der Waals surface area contributed by atoms with Crippen molar-refractivity contribution in [2.24, 2.45) is 7.05 Å². The second-order valence-corrected chi connectivity index (χ2v) is 7.87. The molecule has 0 aliphatic rings. The van der Waals surface area contributed by atoms with Crippen molar-refractivity contribution in [1.82, 2.24) is 13.9 Å². The molecule has 2 aromatic heterocycles. The number of para-hydroxylation sites is 1. The number of fused-ring (bicyclic) bond motifs is 1. The molecule has 0 radical (unpaired) electrons. The van der Waals surface area contributed by atoms with Crippen LogP contribution in [0.5, 0.6) is 0 Å². The predicted molar refractivity (Wildman–Crippen MR) is 123 cm³/mol. The van der Waals surface area contributed by atoms with Crippen molar-refractivity contribution in [1.29, 1.82) is 0 Å². The number of hydrogen-bond donors (Lipinski definition) is 0. The highest BCUT2D eigenvalue weighted by molar-refractivity contribution is 6.30. The van der Waals surface area contributed by atoms with Gasteiger partial charge in [0, 0.05) is 24.0 Å². The van der Waals surface area contributed by atoms with Gasteiger partial charge in [0.25, 0.3) is 5.56 Å². The Hall–Kier alpha value is -3.50. The molecule has 148 valence electrons. The van der Waals surface area contributed by atoms with Gasteiger partial charge in [-0.25, -0.2) is 4.68 Å². The molecule has 0 amide bonds. The van der Waals surface area contributed by atoms with Gasteiger partial charge in [0.05, 0.1) is 22.3 Å². The number of rotatable bonds is 3. The van der Waals surface area contributed by atoms with E-state index in [0.717, 1.165) is 33.7 Å². The molecule has 0 bridgehead atoms. The second-order valence-electron chi connectivity index (χ2n) is 7.43. The predicted octanol–water partition coefficient (Wildman–Crippen LogP) is 5.75. The van der Waals surface area contributed by atoms with Crippen molar-refractivity contribution >= 4 is 22.5 Å². The van der Waals surface area contributed by atoms with Crippen LogP contribution in [0.2, 0.25) is 5.02 Å². The maximum absolute atomic E-state index is 13.6. The molecular weight excluding hydrogens is 394 g/mol. The Morgan fingerprint density at radius 1 is 0.833 bits per heavy atom. The molecule has 0 N–H and O–H groups in total. The van der Waals surface area contributed by atoms with Gasteiger partial charge in [-0.2, -0.15) is 0 Å². The van der Waals surface area contributed by atoms with Crippen LogP contribution in [0.1, 0.15) is 5.56 Å². The summed E-state index contributed by atoms with van der Waals surface area (Å²) in [5, 5.41) is 1.35. The summed E-state index contributed by atoms with van der Waals surface area (Å²) in [7, 11) is 1.92. The minimum atomic E-state index is -0.0462. The molecule has 0 atom stereocenters. The highest BCUT2D eigenvalue weighted by Crippen LogP contribution is 2.33. The lowest BCUT2D eigenvalue weighted by Gasteiger charge is -2.12. The standard InChI is InChI=1S/C25H20ClN3O/c1-17-7-6-10-21(15-17)28-16-22-23(24(28)18-11-13-19(26)14-12-18)25(30)29(27(22)2)20-8-4-3-5-9-20/h3-16H,1-2H3. The highest BCUT2D eigenvalue weighted by atomic mass is 35.5. The summed E-state index contributed by atoms with van der Waals surface area (Å²) in [5.74, 6) is 0. The van der Waals surface area contributed by atoms with Gasteiger partial charge in [0.2, 0.25) is 0 Å². The zero-order valence-corrected chi connectivity index (χ0v) is 17.5. The van der Waals surface area contributed by atoms with Crippen LogP contribution in [0.4, 0.5) is 0 Å².